The third-order valence-corrected chi connectivity index (χ3v) is 5.85. The Balaban J connectivity index is 1.55. The van der Waals surface area contributed by atoms with Crippen LogP contribution in [0.1, 0.15) is 49.9 Å². The van der Waals surface area contributed by atoms with Gasteiger partial charge in [-0.25, -0.2) is 0 Å². The number of carbonyl (C=O) groups is 3. The lowest BCUT2D eigenvalue weighted by atomic mass is 9.94. The molecule has 28 heavy (non-hydrogen) atoms. The van der Waals surface area contributed by atoms with E-state index in [1.807, 2.05) is 13.8 Å². The summed E-state index contributed by atoms with van der Waals surface area (Å²) in [6.45, 7) is 5.14. The van der Waals surface area contributed by atoms with Crippen LogP contribution in [0, 0.1) is 0 Å². The second-order valence-electron chi connectivity index (χ2n) is 8.46. The molecule has 0 bridgehead atoms. The minimum atomic E-state index is -0.477. The first-order valence-electron chi connectivity index (χ1n) is 10.0. The molecule has 1 aromatic rings. The van der Waals surface area contributed by atoms with Gasteiger partial charge in [0, 0.05) is 19.2 Å². The number of fused-ring (bicyclic) bond motifs is 2. The third kappa shape index (κ3) is 3.51. The SMILES string of the molecule is CC1(C)CC(NC(=O)CN2C(=O)[C@@H]3CCCN3C(=O)c3ccccc32)CCO1. The van der Waals surface area contributed by atoms with E-state index in [1.54, 1.807) is 29.2 Å². The molecule has 2 atom stereocenters. The van der Waals surface area contributed by atoms with Crippen molar-refractivity contribution in [2.24, 2.45) is 0 Å². The molecule has 2 fully saturated rings. The highest BCUT2D eigenvalue weighted by atomic mass is 16.5. The van der Waals surface area contributed by atoms with Crippen LogP contribution in [0.3, 0.4) is 0 Å². The molecule has 0 saturated carbocycles. The Bertz CT molecular complexity index is 807. The van der Waals surface area contributed by atoms with Crippen LogP contribution in [0.4, 0.5) is 5.69 Å². The molecule has 0 aliphatic carbocycles. The third-order valence-electron chi connectivity index (χ3n) is 5.85. The number of rotatable bonds is 3. The van der Waals surface area contributed by atoms with Crippen LogP contribution in [0.15, 0.2) is 24.3 Å². The van der Waals surface area contributed by atoms with Gasteiger partial charge in [-0.15, -0.1) is 0 Å². The zero-order valence-electron chi connectivity index (χ0n) is 16.4. The van der Waals surface area contributed by atoms with E-state index in [0.717, 1.165) is 19.3 Å². The number of amides is 3. The molecule has 1 aromatic carbocycles. The highest BCUT2D eigenvalue weighted by Gasteiger charge is 2.42. The molecule has 0 aromatic heterocycles. The number of hydrogen-bond acceptors (Lipinski definition) is 4. The fraction of sp³-hybridized carbons (Fsp3) is 0.571. The molecule has 150 valence electrons. The summed E-state index contributed by atoms with van der Waals surface area (Å²) in [7, 11) is 0. The molecular weight excluding hydrogens is 358 g/mol. The van der Waals surface area contributed by atoms with Crippen molar-refractivity contribution in [3.63, 3.8) is 0 Å². The smallest absolute Gasteiger partial charge is 0.256 e. The summed E-state index contributed by atoms with van der Waals surface area (Å²) in [6.07, 6.45) is 2.94. The van der Waals surface area contributed by atoms with Gasteiger partial charge in [0.1, 0.15) is 12.6 Å². The van der Waals surface area contributed by atoms with E-state index >= 15 is 0 Å². The zero-order valence-corrected chi connectivity index (χ0v) is 16.4. The maximum Gasteiger partial charge on any atom is 0.256 e. The fourth-order valence-electron chi connectivity index (χ4n) is 4.54. The van der Waals surface area contributed by atoms with Gasteiger partial charge in [-0.1, -0.05) is 12.1 Å². The summed E-state index contributed by atoms with van der Waals surface area (Å²) in [6, 6.07) is 6.62. The Morgan fingerprint density at radius 2 is 2.04 bits per heavy atom. The maximum absolute atomic E-state index is 13.2. The van der Waals surface area contributed by atoms with E-state index in [9.17, 15) is 14.4 Å². The highest BCUT2D eigenvalue weighted by Crippen LogP contribution is 2.32. The summed E-state index contributed by atoms with van der Waals surface area (Å²) >= 11 is 0. The van der Waals surface area contributed by atoms with Gasteiger partial charge in [0.15, 0.2) is 0 Å². The Morgan fingerprint density at radius 3 is 2.82 bits per heavy atom. The number of ether oxygens (including phenoxy) is 1. The van der Waals surface area contributed by atoms with Crippen LogP contribution in [0.2, 0.25) is 0 Å². The normalized spacial score (nSPS) is 26.5. The molecule has 2 saturated heterocycles. The molecule has 3 amide bonds. The van der Waals surface area contributed by atoms with Gasteiger partial charge >= 0.3 is 0 Å². The average molecular weight is 385 g/mol. The van der Waals surface area contributed by atoms with Crippen molar-refractivity contribution in [1.82, 2.24) is 10.2 Å². The molecule has 1 N–H and O–H groups in total. The van der Waals surface area contributed by atoms with Gasteiger partial charge in [-0.2, -0.15) is 0 Å². The lowest BCUT2D eigenvalue weighted by Crippen LogP contribution is -2.51. The van der Waals surface area contributed by atoms with E-state index in [0.29, 0.717) is 30.8 Å². The summed E-state index contributed by atoms with van der Waals surface area (Å²) in [5.74, 6) is -0.497. The summed E-state index contributed by atoms with van der Waals surface area (Å²) in [5, 5.41) is 3.05. The lowest BCUT2D eigenvalue weighted by molar-refractivity contribution is -0.127. The monoisotopic (exact) mass is 385 g/mol. The summed E-state index contributed by atoms with van der Waals surface area (Å²) < 4.78 is 5.71. The predicted octanol–water partition coefficient (Wildman–Crippen LogP) is 1.71. The lowest BCUT2D eigenvalue weighted by Gasteiger charge is -2.36. The first kappa shape index (κ1) is 18.9. The van der Waals surface area contributed by atoms with Crippen LogP contribution in [-0.4, -0.2) is 60.0 Å². The topological polar surface area (TPSA) is 79.0 Å². The molecule has 3 aliphatic rings. The van der Waals surface area contributed by atoms with E-state index < -0.39 is 6.04 Å². The zero-order chi connectivity index (χ0) is 19.9. The number of anilines is 1. The Labute approximate surface area is 165 Å². The quantitative estimate of drug-likeness (QED) is 0.859. The van der Waals surface area contributed by atoms with Crippen molar-refractivity contribution < 1.29 is 19.1 Å². The molecule has 4 rings (SSSR count). The molecule has 0 spiro atoms. The van der Waals surface area contributed by atoms with Crippen molar-refractivity contribution in [3.05, 3.63) is 29.8 Å². The Kier molecular flexibility index (Phi) is 4.87. The molecule has 3 aliphatic heterocycles. The molecule has 0 radical (unpaired) electrons. The highest BCUT2D eigenvalue weighted by molar-refractivity contribution is 6.12. The molecule has 7 nitrogen and oxygen atoms in total. The van der Waals surface area contributed by atoms with Crippen molar-refractivity contribution in [2.45, 2.75) is 57.2 Å². The van der Waals surface area contributed by atoms with Gasteiger partial charge in [-0.3, -0.25) is 14.4 Å². The molecule has 7 heteroatoms. The number of hydrogen-bond donors (Lipinski definition) is 1. The van der Waals surface area contributed by atoms with E-state index in [-0.39, 0.29) is 35.9 Å². The summed E-state index contributed by atoms with van der Waals surface area (Å²) in [5.41, 5.74) is 0.743. The van der Waals surface area contributed by atoms with Gasteiger partial charge < -0.3 is 19.9 Å². The van der Waals surface area contributed by atoms with Crippen molar-refractivity contribution >= 4 is 23.4 Å². The van der Waals surface area contributed by atoms with Crippen LogP contribution in [0.25, 0.3) is 0 Å². The number of para-hydroxylation sites is 1. The van der Waals surface area contributed by atoms with Crippen molar-refractivity contribution in [1.29, 1.82) is 0 Å². The maximum atomic E-state index is 13.2. The second-order valence-corrected chi connectivity index (χ2v) is 8.46. The van der Waals surface area contributed by atoms with Gasteiger partial charge in [0.05, 0.1) is 16.9 Å². The van der Waals surface area contributed by atoms with E-state index in [2.05, 4.69) is 5.32 Å². The average Bonchev–Trinajstić information content (AvgIpc) is 3.11. The van der Waals surface area contributed by atoms with Gasteiger partial charge in [0.2, 0.25) is 11.8 Å². The van der Waals surface area contributed by atoms with Gasteiger partial charge in [0.25, 0.3) is 5.91 Å². The van der Waals surface area contributed by atoms with Crippen molar-refractivity contribution in [2.75, 3.05) is 24.6 Å². The fourth-order valence-corrected chi connectivity index (χ4v) is 4.54. The Morgan fingerprint density at radius 1 is 1.25 bits per heavy atom. The second kappa shape index (κ2) is 7.20. The standard InChI is InChI=1S/C21H27N3O4/c1-21(2)12-14(9-11-28-21)22-18(25)13-24-16-7-4-3-6-15(16)19(26)23-10-5-8-17(23)20(24)27/h3-4,6-7,14,17H,5,8-13H2,1-2H3,(H,22,25)/t14?,17-/m0/s1. The minimum absolute atomic E-state index is 0.0261. The minimum Gasteiger partial charge on any atom is -0.375 e. The molecule has 1 unspecified atom stereocenters. The van der Waals surface area contributed by atoms with Gasteiger partial charge in [-0.05, 0) is 51.7 Å². The number of nitrogens with one attached hydrogen (secondary N) is 1. The van der Waals surface area contributed by atoms with Crippen LogP contribution in [0.5, 0.6) is 0 Å². The predicted molar refractivity (Wildman–Crippen MR) is 104 cm³/mol. The first-order chi connectivity index (χ1) is 13.4. The van der Waals surface area contributed by atoms with Crippen molar-refractivity contribution in [3.8, 4) is 0 Å². The largest absolute Gasteiger partial charge is 0.375 e. The molecular formula is C21H27N3O4. The number of carbonyl (C=O) groups excluding carboxylic acids is 3. The van der Waals surface area contributed by atoms with Crippen LogP contribution < -0.4 is 10.2 Å². The van der Waals surface area contributed by atoms with Crippen LogP contribution >= 0.6 is 0 Å². The number of nitrogens with zero attached hydrogens (tertiary/aromatic N) is 2. The molecule has 3 heterocycles. The van der Waals surface area contributed by atoms with E-state index in [1.165, 1.54) is 4.90 Å². The first-order valence-corrected chi connectivity index (χ1v) is 10.0. The Hall–Kier alpha value is -2.41. The van der Waals surface area contributed by atoms with E-state index in [4.69, 9.17) is 4.74 Å². The number of benzene rings is 1. The van der Waals surface area contributed by atoms with Crippen LogP contribution in [-0.2, 0) is 14.3 Å². The summed E-state index contributed by atoms with van der Waals surface area (Å²) in [4.78, 5) is 42.0.